The van der Waals surface area contributed by atoms with Gasteiger partial charge in [0.25, 0.3) is 5.91 Å². The van der Waals surface area contributed by atoms with E-state index < -0.39 is 0 Å². The number of benzene rings is 1. The van der Waals surface area contributed by atoms with E-state index in [0.717, 1.165) is 36.1 Å². The number of amides is 1. The number of halogens is 1. The zero-order valence-corrected chi connectivity index (χ0v) is 15.1. The van der Waals surface area contributed by atoms with Crippen LogP contribution in [0.15, 0.2) is 33.3 Å². The average Bonchev–Trinajstić information content (AvgIpc) is 3.00. The van der Waals surface area contributed by atoms with Crippen LogP contribution in [0.4, 0.5) is 0 Å². The Balaban J connectivity index is 1.59. The first-order valence-corrected chi connectivity index (χ1v) is 8.77. The summed E-state index contributed by atoms with van der Waals surface area (Å²) in [7, 11) is 0. The molecule has 0 unspecified atom stereocenters. The zero-order valence-electron chi connectivity index (χ0n) is 13.5. The molecule has 1 aromatic carbocycles. The van der Waals surface area contributed by atoms with Gasteiger partial charge in [-0.2, -0.15) is 0 Å². The normalized spacial score (nSPS) is 17.5. The number of carbonyl (C=O) groups is 1. The quantitative estimate of drug-likeness (QED) is 0.816. The van der Waals surface area contributed by atoms with Gasteiger partial charge in [-0.25, -0.2) is 0 Å². The summed E-state index contributed by atoms with van der Waals surface area (Å²) in [6.45, 7) is 4.00. The number of piperidine rings is 1. The molecular weight excluding hydrogens is 374 g/mol. The second-order valence-electron chi connectivity index (χ2n) is 5.89. The van der Waals surface area contributed by atoms with Crippen molar-refractivity contribution in [2.45, 2.75) is 32.4 Å². The minimum atomic E-state index is -0.0678. The lowest BCUT2D eigenvalue weighted by molar-refractivity contribution is 0.0930. The van der Waals surface area contributed by atoms with Crippen LogP contribution in [0.25, 0.3) is 0 Å². The molecule has 24 heavy (non-hydrogen) atoms. The molecule has 2 N–H and O–H groups in total. The zero-order chi connectivity index (χ0) is 16.9. The number of aromatic nitrogens is 1. The molecule has 7 heteroatoms. The van der Waals surface area contributed by atoms with E-state index >= 15 is 0 Å². The van der Waals surface area contributed by atoms with Crippen LogP contribution in [-0.4, -0.2) is 30.2 Å². The topological polar surface area (TPSA) is 76.4 Å². The SMILES string of the molecule is Cc1cc(COc2ccc(C(=O)N[C@H]3CCCNC3)cc2Br)on1. The third kappa shape index (κ3) is 4.36. The smallest absolute Gasteiger partial charge is 0.251 e. The number of nitrogens with zero attached hydrogens (tertiary/aromatic N) is 1. The number of hydrogen-bond acceptors (Lipinski definition) is 5. The van der Waals surface area contributed by atoms with Crippen molar-refractivity contribution < 1.29 is 14.1 Å². The Morgan fingerprint density at radius 3 is 3.04 bits per heavy atom. The lowest BCUT2D eigenvalue weighted by Gasteiger charge is -2.23. The van der Waals surface area contributed by atoms with Gasteiger partial charge in [0, 0.05) is 24.2 Å². The van der Waals surface area contributed by atoms with Gasteiger partial charge in [0.1, 0.15) is 12.4 Å². The van der Waals surface area contributed by atoms with Crippen molar-refractivity contribution in [1.82, 2.24) is 15.8 Å². The predicted molar refractivity (Wildman–Crippen MR) is 93.1 cm³/mol. The standard InChI is InChI=1S/C17H20BrN3O3/c1-11-7-14(24-21-11)10-23-16-5-4-12(8-15(16)18)17(22)20-13-3-2-6-19-9-13/h4-5,7-8,13,19H,2-3,6,9-10H2,1H3,(H,20,22)/t13-/m0/s1. The van der Waals surface area contributed by atoms with Crippen LogP contribution in [0.1, 0.15) is 34.7 Å². The highest BCUT2D eigenvalue weighted by Crippen LogP contribution is 2.27. The second-order valence-corrected chi connectivity index (χ2v) is 6.74. The molecule has 2 heterocycles. The van der Waals surface area contributed by atoms with Crippen LogP contribution in [0.2, 0.25) is 0 Å². The van der Waals surface area contributed by atoms with Crippen LogP contribution in [0.3, 0.4) is 0 Å². The highest BCUT2D eigenvalue weighted by atomic mass is 79.9. The molecular formula is C17H20BrN3O3. The van der Waals surface area contributed by atoms with Crippen LogP contribution in [-0.2, 0) is 6.61 Å². The second kappa shape index (κ2) is 7.81. The molecule has 1 amide bonds. The Labute approximate surface area is 149 Å². The van der Waals surface area contributed by atoms with E-state index in [1.54, 1.807) is 18.2 Å². The third-order valence-electron chi connectivity index (χ3n) is 3.87. The molecule has 1 fully saturated rings. The summed E-state index contributed by atoms with van der Waals surface area (Å²) >= 11 is 3.46. The fourth-order valence-corrected chi connectivity index (χ4v) is 3.13. The van der Waals surface area contributed by atoms with E-state index in [0.29, 0.717) is 23.7 Å². The molecule has 1 atom stereocenters. The fraction of sp³-hybridized carbons (Fsp3) is 0.412. The minimum absolute atomic E-state index is 0.0678. The summed E-state index contributed by atoms with van der Waals surface area (Å²) in [4.78, 5) is 12.3. The maximum absolute atomic E-state index is 12.3. The molecule has 0 bridgehead atoms. The number of carbonyl (C=O) groups excluding carboxylic acids is 1. The fourth-order valence-electron chi connectivity index (χ4n) is 2.64. The first kappa shape index (κ1) is 17.0. The van der Waals surface area contributed by atoms with Gasteiger partial charge in [0.15, 0.2) is 5.76 Å². The van der Waals surface area contributed by atoms with Gasteiger partial charge in [-0.1, -0.05) is 5.16 Å². The summed E-state index contributed by atoms with van der Waals surface area (Å²) in [5.41, 5.74) is 1.42. The molecule has 1 saturated heterocycles. The van der Waals surface area contributed by atoms with Crippen molar-refractivity contribution in [3.63, 3.8) is 0 Å². The van der Waals surface area contributed by atoms with Crippen molar-refractivity contribution in [2.75, 3.05) is 13.1 Å². The van der Waals surface area contributed by atoms with E-state index in [1.165, 1.54) is 0 Å². The lowest BCUT2D eigenvalue weighted by atomic mass is 10.1. The molecule has 0 aliphatic carbocycles. The summed E-state index contributed by atoms with van der Waals surface area (Å²) in [6, 6.07) is 7.33. The van der Waals surface area contributed by atoms with Gasteiger partial charge in [0.05, 0.1) is 10.2 Å². The Hall–Kier alpha value is -1.86. The van der Waals surface area contributed by atoms with Crippen LogP contribution in [0.5, 0.6) is 5.75 Å². The van der Waals surface area contributed by atoms with Crippen LogP contribution in [0, 0.1) is 6.92 Å². The number of hydrogen-bond donors (Lipinski definition) is 2. The van der Waals surface area contributed by atoms with Crippen LogP contribution < -0.4 is 15.4 Å². The van der Waals surface area contributed by atoms with Gasteiger partial charge in [-0.3, -0.25) is 4.79 Å². The van der Waals surface area contributed by atoms with Crippen molar-refractivity contribution in [3.8, 4) is 5.75 Å². The molecule has 6 nitrogen and oxygen atoms in total. The molecule has 128 valence electrons. The molecule has 3 rings (SSSR count). The number of nitrogens with one attached hydrogen (secondary N) is 2. The molecule has 1 aliphatic heterocycles. The highest BCUT2D eigenvalue weighted by molar-refractivity contribution is 9.10. The molecule has 1 aromatic heterocycles. The Morgan fingerprint density at radius 2 is 2.38 bits per heavy atom. The van der Waals surface area contributed by atoms with Gasteiger partial charge in [-0.05, 0) is 60.4 Å². The Kier molecular flexibility index (Phi) is 5.52. The van der Waals surface area contributed by atoms with E-state index in [9.17, 15) is 4.79 Å². The summed E-state index contributed by atoms with van der Waals surface area (Å²) < 4.78 is 11.5. The van der Waals surface area contributed by atoms with Gasteiger partial charge in [0.2, 0.25) is 0 Å². The number of ether oxygens (including phenoxy) is 1. The molecule has 0 saturated carbocycles. The largest absolute Gasteiger partial charge is 0.484 e. The molecule has 1 aliphatic rings. The number of rotatable bonds is 5. The first-order valence-electron chi connectivity index (χ1n) is 7.98. The predicted octanol–water partition coefficient (Wildman–Crippen LogP) is 2.81. The van der Waals surface area contributed by atoms with E-state index in [2.05, 4.69) is 31.7 Å². The summed E-state index contributed by atoms with van der Waals surface area (Å²) in [6.07, 6.45) is 2.10. The highest BCUT2D eigenvalue weighted by Gasteiger charge is 2.17. The number of aryl methyl sites for hydroxylation is 1. The van der Waals surface area contributed by atoms with Crippen molar-refractivity contribution in [2.24, 2.45) is 0 Å². The van der Waals surface area contributed by atoms with E-state index in [4.69, 9.17) is 9.26 Å². The monoisotopic (exact) mass is 393 g/mol. The van der Waals surface area contributed by atoms with Crippen LogP contribution >= 0.6 is 15.9 Å². The van der Waals surface area contributed by atoms with Gasteiger partial charge >= 0.3 is 0 Å². The molecule has 0 radical (unpaired) electrons. The maximum Gasteiger partial charge on any atom is 0.251 e. The van der Waals surface area contributed by atoms with Crippen molar-refractivity contribution >= 4 is 21.8 Å². The molecule has 0 spiro atoms. The van der Waals surface area contributed by atoms with E-state index in [-0.39, 0.29) is 11.9 Å². The first-order chi connectivity index (χ1) is 11.6. The summed E-state index contributed by atoms with van der Waals surface area (Å²) in [5.74, 6) is 1.24. The minimum Gasteiger partial charge on any atom is -0.484 e. The van der Waals surface area contributed by atoms with Gasteiger partial charge < -0.3 is 19.9 Å². The van der Waals surface area contributed by atoms with Crippen molar-refractivity contribution in [1.29, 1.82) is 0 Å². The van der Waals surface area contributed by atoms with E-state index in [1.807, 2.05) is 13.0 Å². The Bertz CT molecular complexity index is 711. The third-order valence-corrected chi connectivity index (χ3v) is 4.49. The van der Waals surface area contributed by atoms with Gasteiger partial charge in [-0.15, -0.1) is 0 Å². The average molecular weight is 394 g/mol. The Morgan fingerprint density at radius 1 is 1.50 bits per heavy atom. The molecule has 2 aromatic rings. The lowest BCUT2D eigenvalue weighted by Crippen LogP contribution is -2.45. The van der Waals surface area contributed by atoms with Crippen molar-refractivity contribution in [3.05, 3.63) is 45.8 Å². The maximum atomic E-state index is 12.3. The summed E-state index contributed by atoms with van der Waals surface area (Å²) in [5, 5.41) is 10.2.